The number of amides is 3. The van der Waals surface area contributed by atoms with E-state index in [1.807, 2.05) is 35.7 Å². The Hall–Kier alpha value is -2.38. The normalized spacial score (nSPS) is 22.2. The third-order valence-electron chi connectivity index (χ3n) is 5.89. The number of ether oxygens (including phenoxy) is 1. The van der Waals surface area contributed by atoms with E-state index < -0.39 is 17.7 Å². The number of thiophene rings is 1. The summed E-state index contributed by atoms with van der Waals surface area (Å²) in [5.41, 5.74) is 1.18. The Morgan fingerprint density at radius 1 is 1.23 bits per heavy atom. The van der Waals surface area contributed by atoms with E-state index in [1.54, 1.807) is 11.3 Å². The lowest BCUT2D eigenvalue weighted by molar-refractivity contribution is -0.133. The Balaban J connectivity index is 1.39. The molecule has 0 radical (unpaired) electrons. The summed E-state index contributed by atoms with van der Waals surface area (Å²) in [4.78, 5) is 28.0. The molecular weight excluding hydrogens is 400 g/mol. The molecule has 160 valence electrons. The summed E-state index contributed by atoms with van der Waals surface area (Å²) in [7, 11) is 0. The summed E-state index contributed by atoms with van der Waals surface area (Å²) in [6, 6.07) is 9.23. The number of benzene rings is 1. The molecule has 1 aromatic carbocycles. The molecule has 0 saturated carbocycles. The molecule has 1 aliphatic carbocycles. The molecule has 1 spiro atoms. The Kier molecular flexibility index (Phi) is 5.36. The molecule has 4 rings (SSSR count). The first-order valence-electron chi connectivity index (χ1n) is 10.3. The number of urea groups is 1. The number of carbonyl (C=O) groups excluding carboxylic acids is 2. The summed E-state index contributed by atoms with van der Waals surface area (Å²) in [6.45, 7) is 6.34. The van der Waals surface area contributed by atoms with Gasteiger partial charge in [0.1, 0.15) is 24.0 Å². The third-order valence-corrected chi connectivity index (χ3v) is 6.87. The molecule has 2 heterocycles. The monoisotopic (exact) mass is 428 g/mol. The van der Waals surface area contributed by atoms with Crippen molar-refractivity contribution in [1.82, 2.24) is 10.2 Å². The Morgan fingerprint density at radius 2 is 1.97 bits per heavy atom. The number of aryl methyl sites for hydroxylation is 1. The van der Waals surface area contributed by atoms with Crippen molar-refractivity contribution in [3.8, 4) is 5.75 Å². The minimum absolute atomic E-state index is 0.00260. The first kappa shape index (κ1) is 20.9. The predicted molar refractivity (Wildman–Crippen MR) is 116 cm³/mol. The van der Waals surface area contributed by atoms with Crippen LogP contribution in [0, 0.1) is 0 Å². The molecule has 3 amide bonds. The zero-order chi connectivity index (χ0) is 21.5. The lowest BCUT2D eigenvalue weighted by Gasteiger charge is -2.31. The molecule has 6 nitrogen and oxygen atoms in total. The number of aliphatic hydroxyl groups excluding tert-OH is 1. The van der Waals surface area contributed by atoms with Crippen LogP contribution < -0.4 is 10.1 Å². The first-order chi connectivity index (χ1) is 14.2. The van der Waals surface area contributed by atoms with Crippen LogP contribution in [-0.4, -0.2) is 41.2 Å². The van der Waals surface area contributed by atoms with Gasteiger partial charge < -0.3 is 15.2 Å². The molecule has 2 aromatic rings. The fourth-order valence-electron chi connectivity index (χ4n) is 4.21. The van der Waals surface area contributed by atoms with Gasteiger partial charge in [-0.05, 0) is 53.8 Å². The highest BCUT2D eigenvalue weighted by Crippen LogP contribution is 2.42. The van der Waals surface area contributed by atoms with Crippen molar-refractivity contribution in [2.24, 2.45) is 0 Å². The number of hydrogen-bond acceptors (Lipinski definition) is 5. The first-order valence-corrected chi connectivity index (χ1v) is 11.2. The third kappa shape index (κ3) is 3.72. The van der Waals surface area contributed by atoms with Crippen LogP contribution in [0.15, 0.2) is 35.7 Å². The van der Waals surface area contributed by atoms with Gasteiger partial charge in [0.2, 0.25) is 0 Å². The van der Waals surface area contributed by atoms with Crippen molar-refractivity contribution >= 4 is 23.3 Å². The number of rotatable bonds is 5. The van der Waals surface area contributed by atoms with Gasteiger partial charge >= 0.3 is 6.03 Å². The van der Waals surface area contributed by atoms with Crippen molar-refractivity contribution in [2.75, 3.05) is 13.2 Å². The van der Waals surface area contributed by atoms with E-state index in [0.29, 0.717) is 12.2 Å². The standard InChI is InChI=1S/C23H28N2O4S/c1-22(2,3)15-6-8-17(9-7-15)29-14-16(26)13-25-20(27)23(24-21(25)28)11-4-5-19-18(23)10-12-30-19/h6-10,12,16,26H,4-5,11,13-14H2,1-3H3,(H,24,28)/t16-,23-/m0/s1. The summed E-state index contributed by atoms with van der Waals surface area (Å²) in [5.74, 6) is 0.367. The van der Waals surface area contributed by atoms with E-state index in [4.69, 9.17) is 4.74 Å². The molecule has 30 heavy (non-hydrogen) atoms. The topological polar surface area (TPSA) is 78.9 Å². The summed E-state index contributed by atoms with van der Waals surface area (Å²) in [5, 5.41) is 15.3. The van der Waals surface area contributed by atoms with Crippen LogP contribution in [0.5, 0.6) is 5.75 Å². The number of carbonyl (C=O) groups is 2. The Bertz CT molecular complexity index is 947. The lowest BCUT2D eigenvalue weighted by atomic mass is 9.80. The number of nitrogens with zero attached hydrogens (tertiary/aromatic N) is 1. The average molecular weight is 429 g/mol. The van der Waals surface area contributed by atoms with E-state index in [9.17, 15) is 14.7 Å². The van der Waals surface area contributed by atoms with Crippen LogP contribution in [0.2, 0.25) is 0 Å². The van der Waals surface area contributed by atoms with E-state index in [0.717, 1.165) is 28.2 Å². The summed E-state index contributed by atoms with van der Waals surface area (Å²) < 4.78 is 5.68. The molecule has 2 N–H and O–H groups in total. The largest absolute Gasteiger partial charge is 0.491 e. The van der Waals surface area contributed by atoms with Crippen LogP contribution in [-0.2, 0) is 22.2 Å². The Morgan fingerprint density at radius 3 is 2.67 bits per heavy atom. The van der Waals surface area contributed by atoms with Gasteiger partial charge in [-0.3, -0.25) is 9.69 Å². The molecular formula is C23H28N2O4S. The van der Waals surface area contributed by atoms with Crippen LogP contribution in [0.25, 0.3) is 0 Å². The second-order valence-electron chi connectivity index (χ2n) is 9.10. The maximum atomic E-state index is 13.2. The van der Waals surface area contributed by atoms with E-state index in [1.165, 1.54) is 5.56 Å². The molecule has 1 fully saturated rings. The number of aliphatic hydroxyl groups is 1. The number of nitrogens with one attached hydrogen (secondary N) is 1. The van der Waals surface area contributed by atoms with Crippen molar-refractivity contribution in [3.05, 3.63) is 51.7 Å². The second-order valence-corrected chi connectivity index (χ2v) is 10.1. The molecule has 2 aliphatic rings. The molecule has 1 saturated heterocycles. The predicted octanol–water partition coefficient (Wildman–Crippen LogP) is 3.57. The van der Waals surface area contributed by atoms with Crippen molar-refractivity contribution in [2.45, 2.75) is 57.1 Å². The number of imide groups is 1. The van der Waals surface area contributed by atoms with Gasteiger partial charge in [-0.1, -0.05) is 32.9 Å². The number of β-amino-alcohol motifs (C(OH)–C–C–N with tert-alkyl or cyclic N) is 1. The highest BCUT2D eigenvalue weighted by molar-refractivity contribution is 7.10. The maximum absolute atomic E-state index is 13.2. The zero-order valence-corrected chi connectivity index (χ0v) is 18.4. The quantitative estimate of drug-likeness (QED) is 0.714. The average Bonchev–Trinajstić information content (AvgIpc) is 3.27. The van der Waals surface area contributed by atoms with Crippen LogP contribution in [0.3, 0.4) is 0 Å². The molecule has 2 atom stereocenters. The van der Waals surface area contributed by atoms with E-state index in [2.05, 4.69) is 26.1 Å². The Labute approximate surface area is 180 Å². The minimum atomic E-state index is -0.978. The van der Waals surface area contributed by atoms with Gasteiger partial charge in [0, 0.05) is 10.4 Å². The molecule has 7 heteroatoms. The number of hydrogen-bond donors (Lipinski definition) is 2. The van der Waals surface area contributed by atoms with Gasteiger partial charge in [0.15, 0.2) is 0 Å². The summed E-state index contributed by atoms with van der Waals surface area (Å²) in [6.07, 6.45) is 1.40. The SMILES string of the molecule is CC(C)(C)c1ccc(OC[C@@H](O)CN2C(=O)N[C@]3(CCCc4sccc43)C2=O)cc1. The van der Waals surface area contributed by atoms with Crippen LogP contribution >= 0.6 is 11.3 Å². The van der Waals surface area contributed by atoms with E-state index >= 15 is 0 Å². The highest BCUT2D eigenvalue weighted by atomic mass is 32.1. The summed E-state index contributed by atoms with van der Waals surface area (Å²) >= 11 is 1.62. The van der Waals surface area contributed by atoms with Crippen LogP contribution in [0.1, 0.15) is 49.6 Å². The van der Waals surface area contributed by atoms with Crippen molar-refractivity contribution in [1.29, 1.82) is 0 Å². The molecule has 0 unspecified atom stereocenters. The van der Waals surface area contributed by atoms with Gasteiger partial charge in [-0.25, -0.2) is 4.79 Å². The molecule has 1 aliphatic heterocycles. The van der Waals surface area contributed by atoms with Gasteiger partial charge in [0.25, 0.3) is 5.91 Å². The fourth-order valence-corrected chi connectivity index (χ4v) is 5.21. The van der Waals surface area contributed by atoms with Gasteiger partial charge in [-0.2, -0.15) is 0 Å². The zero-order valence-electron chi connectivity index (χ0n) is 17.6. The molecule has 1 aromatic heterocycles. The van der Waals surface area contributed by atoms with Crippen molar-refractivity contribution < 1.29 is 19.4 Å². The number of fused-ring (bicyclic) bond motifs is 2. The van der Waals surface area contributed by atoms with Crippen LogP contribution in [0.4, 0.5) is 4.79 Å². The minimum Gasteiger partial charge on any atom is -0.491 e. The second kappa shape index (κ2) is 7.71. The van der Waals surface area contributed by atoms with Gasteiger partial charge in [0.05, 0.1) is 6.54 Å². The smallest absolute Gasteiger partial charge is 0.325 e. The highest BCUT2D eigenvalue weighted by Gasteiger charge is 2.54. The van der Waals surface area contributed by atoms with Gasteiger partial charge in [-0.15, -0.1) is 11.3 Å². The van der Waals surface area contributed by atoms with Crippen molar-refractivity contribution in [3.63, 3.8) is 0 Å². The lowest BCUT2D eigenvalue weighted by Crippen LogP contribution is -2.46. The maximum Gasteiger partial charge on any atom is 0.325 e. The fraction of sp³-hybridized carbons (Fsp3) is 0.478. The van der Waals surface area contributed by atoms with E-state index in [-0.39, 0.29) is 24.5 Å². The molecule has 0 bridgehead atoms.